The largest absolute Gasteiger partial charge is 0.388 e. The highest BCUT2D eigenvalue weighted by atomic mass is 16.5. The van der Waals surface area contributed by atoms with Crippen molar-refractivity contribution in [3.8, 4) is 0 Å². The Morgan fingerprint density at radius 1 is 1.11 bits per heavy atom. The molecular weight excluding hydrogens is 354 g/mol. The topological polar surface area (TPSA) is 129 Å². The number of urea groups is 1. The highest BCUT2D eigenvalue weighted by molar-refractivity contribution is 5.89. The third-order valence-corrected chi connectivity index (χ3v) is 4.25. The minimum Gasteiger partial charge on any atom is -0.388 e. The van der Waals surface area contributed by atoms with E-state index in [1.807, 2.05) is 19.1 Å². The number of carbonyl (C=O) groups is 2. The number of ether oxygens (including phenoxy) is 2. The molecule has 0 aliphatic carbocycles. The van der Waals surface area contributed by atoms with E-state index in [1.54, 1.807) is 12.1 Å². The van der Waals surface area contributed by atoms with Gasteiger partial charge in [-0.15, -0.1) is 0 Å². The van der Waals surface area contributed by atoms with Gasteiger partial charge < -0.3 is 35.6 Å². The molecule has 9 nitrogen and oxygen atoms in total. The number of methoxy groups -OCH3 is 1. The number of rotatable bonds is 8. The molecule has 0 saturated carbocycles. The highest BCUT2D eigenvalue weighted by Gasteiger charge is 2.43. The quantitative estimate of drug-likeness (QED) is 0.395. The average molecular weight is 381 g/mol. The SMILES string of the molecule is COCCNC(=O)C[C@@H]1O[C@@H](CNC(=O)Nc2ccc(C)cc2)[C@@H](O)[C@H]1O. The lowest BCUT2D eigenvalue weighted by atomic mass is 10.1. The standard InChI is InChI=1S/C18H27N3O6/c1-11-3-5-12(6-4-11)21-18(25)20-10-14-17(24)16(23)13(27-14)9-15(22)19-7-8-26-2/h3-6,13-14,16-17,23-24H,7-10H2,1-2H3,(H,19,22)(H2,20,21,25)/t13-,14-,16-,17+/m0/s1. The van der Waals surface area contributed by atoms with Crippen molar-refractivity contribution < 1.29 is 29.3 Å². The van der Waals surface area contributed by atoms with E-state index in [-0.39, 0.29) is 18.9 Å². The molecule has 0 bridgehead atoms. The maximum atomic E-state index is 12.0. The van der Waals surface area contributed by atoms with Crippen molar-refractivity contribution in [2.24, 2.45) is 0 Å². The number of hydrogen-bond acceptors (Lipinski definition) is 6. The Morgan fingerprint density at radius 2 is 1.78 bits per heavy atom. The number of aryl methyl sites for hydroxylation is 1. The summed E-state index contributed by atoms with van der Waals surface area (Å²) in [5.41, 5.74) is 1.71. The van der Waals surface area contributed by atoms with Crippen LogP contribution in [0.15, 0.2) is 24.3 Å². The lowest BCUT2D eigenvalue weighted by Crippen LogP contribution is -2.41. The van der Waals surface area contributed by atoms with E-state index >= 15 is 0 Å². The molecule has 0 radical (unpaired) electrons. The molecule has 0 spiro atoms. The predicted octanol–water partition coefficient (Wildman–Crippen LogP) is -0.242. The van der Waals surface area contributed by atoms with Crippen LogP contribution < -0.4 is 16.0 Å². The molecule has 3 amide bonds. The molecular formula is C18H27N3O6. The van der Waals surface area contributed by atoms with Crippen LogP contribution in [0.2, 0.25) is 0 Å². The summed E-state index contributed by atoms with van der Waals surface area (Å²) in [5, 5.41) is 28.0. The first-order valence-corrected chi connectivity index (χ1v) is 8.79. The van der Waals surface area contributed by atoms with E-state index in [4.69, 9.17) is 9.47 Å². The Labute approximate surface area is 158 Å². The summed E-state index contributed by atoms with van der Waals surface area (Å²) in [6, 6.07) is 6.84. The average Bonchev–Trinajstić information content (AvgIpc) is 2.90. The molecule has 1 aromatic rings. The van der Waals surface area contributed by atoms with Crippen molar-refractivity contribution in [3.63, 3.8) is 0 Å². The normalized spacial score (nSPS) is 24.4. The molecule has 27 heavy (non-hydrogen) atoms. The number of hydrogen-bond donors (Lipinski definition) is 5. The Bertz CT molecular complexity index is 624. The van der Waals surface area contributed by atoms with Crippen LogP contribution in [0.3, 0.4) is 0 Å². The maximum Gasteiger partial charge on any atom is 0.319 e. The van der Waals surface area contributed by atoms with Gasteiger partial charge in [-0.1, -0.05) is 17.7 Å². The summed E-state index contributed by atoms with van der Waals surface area (Å²) in [6.45, 7) is 2.68. The fourth-order valence-electron chi connectivity index (χ4n) is 2.72. The van der Waals surface area contributed by atoms with Crippen LogP contribution in [-0.2, 0) is 14.3 Å². The second kappa shape index (κ2) is 10.2. The number of benzene rings is 1. The number of nitrogens with one attached hydrogen (secondary N) is 3. The Morgan fingerprint density at radius 3 is 2.44 bits per heavy atom. The predicted molar refractivity (Wildman–Crippen MR) is 98.4 cm³/mol. The molecule has 1 aliphatic rings. The second-order valence-corrected chi connectivity index (χ2v) is 6.44. The van der Waals surface area contributed by atoms with Gasteiger partial charge in [0.05, 0.1) is 19.1 Å². The van der Waals surface area contributed by atoms with Gasteiger partial charge in [0.1, 0.15) is 18.3 Å². The first-order valence-electron chi connectivity index (χ1n) is 8.79. The van der Waals surface area contributed by atoms with Crippen molar-refractivity contribution in [3.05, 3.63) is 29.8 Å². The smallest absolute Gasteiger partial charge is 0.319 e. The molecule has 4 atom stereocenters. The molecule has 0 unspecified atom stereocenters. The zero-order valence-corrected chi connectivity index (χ0v) is 15.5. The van der Waals surface area contributed by atoms with Crippen LogP contribution in [0, 0.1) is 6.92 Å². The van der Waals surface area contributed by atoms with Gasteiger partial charge >= 0.3 is 6.03 Å². The van der Waals surface area contributed by atoms with Gasteiger partial charge in [-0.2, -0.15) is 0 Å². The lowest BCUT2D eigenvalue weighted by molar-refractivity contribution is -0.125. The van der Waals surface area contributed by atoms with Crippen molar-refractivity contribution in [1.82, 2.24) is 10.6 Å². The van der Waals surface area contributed by atoms with Gasteiger partial charge in [-0.25, -0.2) is 4.79 Å². The van der Waals surface area contributed by atoms with Crippen LogP contribution in [0.1, 0.15) is 12.0 Å². The van der Waals surface area contributed by atoms with Crippen molar-refractivity contribution in [2.45, 2.75) is 37.8 Å². The van der Waals surface area contributed by atoms with Crippen LogP contribution in [0.4, 0.5) is 10.5 Å². The van der Waals surface area contributed by atoms with Crippen molar-refractivity contribution in [2.75, 3.05) is 32.1 Å². The van der Waals surface area contributed by atoms with Crippen LogP contribution in [-0.4, -0.2) is 73.4 Å². The number of amides is 3. The summed E-state index contributed by atoms with van der Waals surface area (Å²) in [6.07, 6.45) is -4.13. The van der Waals surface area contributed by atoms with E-state index in [2.05, 4.69) is 16.0 Å². The molecule has 9 heteroatoms. The summed E-state index contributed by atoms with van der Waals surface area (Å²) >= 11 is 0. The zero-order chi connectivity index (χ0) is 19.8. The van der Waals surface area contributed by atoms with E-state index in [0.29, 0.717) is 18.8 Å². The Balaban J connectivity index is 1.76. The third-order valence-electron chi connectivity index (χ3n) is 4.25. The van der Waals surface area contributed by atoms with E-state index in [0.717, 1.165) is 5.56 Å². The number of anilines is 1. The van der Waals surface area contributed by atoms with E-state index in [9.17, 15) is 19.8 Å². The monoisotopic (exact) mass is 381 g/mol. The molecule has 0 aromatic heterocycles. The number of carbonyl (C=O) groups excluding carboxylic acids is 2. The molecule has 5 N–H and O–H groups in total. The maximum absolute atomic E-state index is 12.0. The van der Waals surface area contributed by atoms with Crippen LogP contribution in [0.5, 0.6) is 0 Å². The first kappa shape index (κ1) is 21.1. The van der Waals surface area contributed by atoms with Crippen LogP contribution >= 0.6 is 0 Å². The number of aliphatic hydroxyl groups is 2. The second-order valence-electron chi connectivity index (χ2n) is 6.44. The molecule has 2 rings (SSSR count). The highest BCUT2D eigenvalue weighted by Crippen LogP contribution is 2.23. The van der Waals surface area contributed by atoms with Gasteiger partial charge in [-0.05, 0) is 19.1 Å². The van der Waals surface area contributed by atoms with E-state index < -0.39 is 30.4 Å². The summed E-state index contributed by atoms with van der Waals surface area (Å²) in [4.78, 5) is 23.8. The van der Waals surface area contributed by atoms with Crippen molar-refractivity contribution in [1.29, 1.82) is 0 Å². The summed E-state index contributed by atoms with van der Waals surface area (Å²) < 4.78 is 10.4. The van der Waals surface area contributed by atoms with Gasteiger partial charge in [0.15, 0.2) is 0 Å². The molecule has 1 aromatic carbocycles. The van der Waals surface area contributed by atoms with Gasteiger partial charge in [0.25, 0.3) is 0 Å². The fourth-order valence-corrected chi connectivity index (χ4v) is 2.72. The fraction of sp³-hybridized carbons (Fsp3) is 0.556. The minimum atomic E-state index is -1.20. The molecule has 1 fully saturated rings. The minimum absolute atomic E-state index is 0.00227. The summed E-state index contributed by atoms with van der Waals surface area (Å²) in [7, 11) is 1.53. The molecule has 1 saturated heterocycles. The third kappa shape index (κ3) is 6.47. The Kier molecular flexibility index (Phi) is 7.99. The molecule has 1 aliphatic heterocycles. The van der Waals surface area contributed by atoms with Gasteiger partial charge in [-0.3, -0.25) is 4.79 Å². The van der Waals surface area contributed by atoms with Gasteiger partial charge in [0, 0.05) is 25.9 Å². The zero-order valence-electron chi connectivity index (χ0n) is 15.5. The van der Waals surface area contributed by atoms with Gasteiger partial charge in [0.2, 0.25) is 5.91 Å². The summed E-state index contributed by atoms with van der Waals surface area (Å²) in [5.74, 6) is -0.311. The van der Waals surface area contributed by atoms with Crippen molar-refractivity contribution >= 4 is 17.6 Å². The van der Waals surface area contributed by atoms with Crippen LogP contribution in [0.25, 0.3) is 0 Å². The molecule has 1 heterocycles. The van der Waals surface area contributed by atoms with E-state index in [1.165, 1.54) is 7.11 Å². The first-order chi connectivity index (χ1) is 12.9. The molecule has 150 valence electrons. The Hall–Kier alpha value is -2.20. The lowest BCUT2D eigenvalue weighted by Gasteiger charge is -2.16. The number of aliphatic hydroxyl groups excluding tert-OH is 2.